The molecule has 3 aromatic rings. The molecule has 0 spiro atoms. The van der Waals surface area contributed by atoms with E-state index in [0.717, 1.165) is 47.5 Å². The van der Waals surface area contributed by atoms with Crippen molar-refractivity contribution in [2.45, 2.75) is 47.1 Å². The summed E-state index contributed by atoms with van der Waals surface area (Å²) in [6, 6.07) is 20.5. The van der Waals surface area contributed by atoms with Crippen LogP contribution >= 0.6 is 0 Å². The smallest absolute Gasteiger partial charge is 0.300 e. The number of carbonyl (C=O) groups is 2. The lowest BCUT2D eigenvalue weighted by Gasteiger charge is -2.28. The first kappa shape index (κ1) is 25.2. The summed E-state index contributed by atoms with van der Waals surface area (Å²) in [7, 11) is 0. The molecule has 1 heterocycles. The number of Topliss-reactive ketones (excluding diaryl/α,β-unsaturated/α-hetero) is 1. The zero-order valence-corrected chi connectivity index (χ0v) is 21.7. The summed E-state index contributed by atoms with van der Waals surface area (Å²) in [6.45, 7) is 11.9. The highest BCUT2D eigenvalue weighted by atomic mass is 16.3. The highest BCUT2D eigenvalue weighted by Crippen LogP contribution is 2.43. The Morgan fingerprint density at radius 1 is 0.889 bits per heavy atom. The van der Waals surface area contributed by atoms with Crippen LogP contribution in [0.2, 0.25) is 0 Å². The lowest BCUT2D eigenvalue weighted by molar-refractivity contribution is -0.132. The summed E-state index contributed by atoms with van der Waals surface area (Å²) in [4.78, 5) is 30.7. The second-order valence-corrected chi connectivity index (χ2v) is 9.27. The Labute approximate surface area is 213 Å². The molecule has 1 aliphatic rings. The highest BCUT2D eigenvalue weighted by Gasteiger charge is 2.47. The van der Waals surface area contributed by atoms with Crippen molar-refractivity contribution < 1.29 is 14.7 Å². The van der Waals surface area contributed by atoms with Crippen molar-refractivity contribution in [1.29, 1.82) is 0 Å². The van der Waals surface area contributed by atoms with Crippen LogP contribution in [0.5, 0.6) is 0 Å². The summed E-state index contributed by atoms with van der Waals surface area (Å²) in [5.74, 6) is -1.46. The van der Waals surface area contributed by atoms with Gasteiger partial charge in [-0.3, -0.25) is 14.5 Å². The van der Waals surface area contributed by atoms with Gasteiger partial charge in [-0.2, -0.15) is 0 Å². The number of anilines is 2. The highest BCUT2D eigenvalue weighted by molar-refractivity contribution is 6.51. The molecular weight excluding hydrogens is 448 g/mol. The first-order valence-corrected chi connectivity index (χ1v) is 12.6. The van der Waals surface area contributed by atoms with Crippen LogP contribution in [0.4, 0.5) is 11.4 Å². The molecule has 1 atom stereocenters. The minimum absolute atomic E-state index is 0.112. The molecule has 1 saturated heterocycles. The molecule has 5 heteroatoms. The van der Waals surface area contributed by atoms with E-state index in [1.807, 2.05) is 68.4 Å². The second-order valence-electron chi connectivity index (χ2n) is 9.27. The van der Waals surface area contributed by atoms with Crippen LogP contribution in [0.25, 0.3) is 5.76 Å². The Kier molecular flexibility index (Phi) is 7.30. The fourth-order valence-electron chi connectivity index (χ4n) is 4.89. The standard InChI is InChI=1S/C31H34N2O3/c1-6-22-11-13-24(14-12-22)29(34)27-28(23-15-17-25(18-16-23)32(7-2)8-3)33(31(36)30(27)35)26-19-20(4)9-10-21(26)5/h9-19,28,34H,6-8H2,1-5H3/b29-27+. The lowest BCUT2D eigenvalue weighted by atomic mass is 9.94. The molecule has 186 valence electrons. The molecule has 0 bridgehead atoms. The number of aryl methyl sites for hydroxylation is 3. The Morgan fingerprint density at radius 2 is 1.53 bits per heavy atom. The van der Waals surface area contributed by atoms with E-state index in [1.165, 1.54) is 0 Å². The van der Waals surface area contributed by atoms with Gasteiger partial charge in [0.2, 0.25) is 0 Å². The number of hydrogen-bond donors (Lipinski definition) is 1. The number of nitrogens with zero attached hydrogens (tertiary/aromatic N) is 2. The molecule has 0 aromatic heterocycles. The topological polar surface area (TPSA) is 60.9 Å². The van der Waals surface area contributed by atoms with Gasteiger partial charge in [0.1, 0.15) is 5.76 Å². The maximum atomic E-state index is 13.5. The molecule has 5 nitrogen and oxygen atoms in total. The van der Waals surface area contributed by atoms with Gasteiger partial charge in [-0.25, -0.2) is 0 Å². The number of carbonyl (C=O) groups excluding carboxylic acids is 2. The maximum absolute atomic E-state index is 13.5. The van der Waals surface area contributed by atoms with Crippen LogP contribution in [0, 0.1) is 13.8 Å². The number of hydrogen-bond acceptors (Lipinski definition) is 4. The molecule has 0 aliphatic carbocycles. The van der Waals surface area contributed by atoms with Gasteiger partial charge in [-0.1, -0.05) is 55.5 Å². The van der Waals surface area contributed by atoms with E-state index >= 15 is 0 Å². The van der Waals surface area contributed by atoms with Gasteiger partial charge in [0.05, 0.1) is 11.6 Å². The monoisotopic (exact) mass is 482 g/mol. The normalized spacial score (nSPS) is 17.0. The van der Waals surface area contributed by atoms with E-state index in [4.69, 9.17) is 0 Å². The van der Waals surface area contributed by atoms with Crippen LogP contribution in [0.1, 0.15) is 54.6 Å². The predicted octanol–water partition coefficient (Wildman–Crippen LogP) is 6.34. The van der Waals surface area contributed by atoms with Crippen molar-refractivity contribution in [3.63, 3.8) is 0 Å². The van der Waals surface area contributed by atoms with E-state index in [9.17, 15) is 14.7 Å². The van der Waals surface area contributed by atoms with Gasteiger partial charge in [0.15, 0.2) is 0 Å². The zero-order chi connectivity index (χ0) is 26.0. The van der Waals surface area contributed by atoms with E-state index in [0.29, 0.717) is 11.3 Å². The largest absolute Gasteiger partial charge is 0.507 e. The first-order chi connectivity index (χ1) is 17.3. The van der Waals surface area contributed by atoms with Crippen molar-refractivity contribution in [1.82, 2.24) is 0 Å². The number of aliphatic hydroxyl groups is 1. The molecule has 3 aromatic carbocycles. The second kappa shape index (κ2) is 10.4. The van der Waals surface area contributed by atoms with Crippen molar-refractivity contribution in [3.8, 4) is 0 Å². The quantitative estimate of drug-likeness (QED) is 0.243. The van der Waals surface area contributed by atoms with Gasteiger partial charge in [0, 0.05) is 30.0 Å². The molecule has 0 radical (unpaired) electrons. The summed E-state index contributed by atoms with van der Waals surface area (Å²) < 4.78 is 0. The fraction of sp³-hybridized carbons (Fsp3) is 0.290. The van der Waals surface area contributed by atoms with Crippen molar-refractivity contribution in [3.05, 3.63) is 100 Å². The Hall–Kier alpha value is -3.86. The molecule has 1 unspecified atom stereocenters. The Balaban J connectivity index is 1.91. The van der Waals surface area contributed by atoms with Gasteiger partial charge in [-0.15, -0.1) is 0 Å². The Bertz CT molecular complexity index is 1300. The summed E-state index contributed by atoms with van der Waals surface area (Å²) >= 11 is 0. The first-order valence-electron chi connectivity index (χ1n) is 12.6. The molecule has 1 fully saturated rings. The lowest BCUT2D eigenvalue weighted by Crippen LogP contribution is -2.30. The van der Waals surface area contributed by atoms with Crippen molar-refractivity contribution in [2.75, 3.05) is 22.9 Å². The van der Waals surface area contributed by atoms with Crippen LogP contribution in [-0.4, -0.2) is 29.9 Å². The molecule has 1 N–H and O–H groups in total. The zero-order valence-electron chi connectivity index (χ0n) is 21.7. The minimum atomic E-state index is -0.734. The number of amides is 1. The third-order valence-electron chi connectivity index (χ3n) is 7.04. The Morgan fingerprint density at radius 3 is 2.11 bits per heavy atom. The molecule has 36 heavy (non-hydrogen) atoms. The van der Waals surface area contributed by atoms with Crippen molar-refractivity contribution in [2.24, 2.45) is 0 Å². The average molecular weight is 483 g/mol. The van der Waals surface area contributed by atoms with Crippen molar-refractivity contribution >= 4 is 28.8 Å². The van der Waals surface area contributed by atoms with Crippen LogP contribution in [-0.2, 0) is 16.0 Å². The van der Waals surface area contributed by atoms with Crippen LogP contribution < -0.4 is 9.80 Å². The number of ketones is 1. The predicted molar refractivity (Wildman–Crippen MR) is 147 cm³/mol. The number of aliphatic hydroxyl groups excluding tert-OH is 1. The van der Waals surface area contributed by atoms with E-state index < -0.39 is 17.7 Å². The minimum Gasteiger partial charge on any atom is -0.507 e. The van der Waals surface area contributed by atoms with Gasteiger partial charge in [-0.05, 0) is 74.6 Å². The molecule has 0 saturated carbocycles. The third kappa shape index (κ3) is 4.53. The number of benzene rings is 3. The van der Waals surface area contributed by atoms with Gasteiger partial charge >= 0.3 is 0 Å². The SMILES string of the molecule is CCc1ccc(/C(O)=C2\C(=O)C(=O)N(c3cc(C)ccc3C)C2c2ccc(N(CC)CC)cc2)cc1. The average Bonchev–Trinajstić information content (AvgIpc) is 3.16. The summed E-state index contributed by atoms with van der Waals surface area (Å²) in [6.07, 6.45) is 0.872. The van der Waals surface area contributed by atoms with E-state index in [-0.39, 0.29) is 11.3 Å². The molecular formula is C31H34N2O3. The third-order valence-corrected chi connectivity index (χ3v) is 7.04. The fourth-order valence-corrected chi connectivity index (χ4v) is 4.89. The maximum Gasteiger partial charge on any atom is 0.300 e. The summed E-state index contributed by atoms with van der Waals surface area (Å²) in [5.41, 5.74) is 6.17. The van der Waals surface area contributed by atoms with Crippen LogP contribution in [0.3, 0.4) is 0 Å². The van der Waals surface area contributed by atoms with E-state index in [1.54, 1.807) is 17.0 Å². The van der Waals surface area contributed by atoms with E-state index in [2.05, 4.69) is 25.7 Å². The summed E-state index contributed by atoms with van der Waals surface area (Å²) in [5, 5.41) is 11.4. The van der Waals surface area contributed by atoms with Gasteiger partial charge in [0.25, 0.3) is 11.7 Å². The molecule has 4 rings (SSSR count). The van der Waals surface area contributed by atoms with Crippen LogP contribution in [0.15, 0.2) is 72.3 Å². The number of rotatable bonds is 7. The molecule has 1 aliphatic heterocycles. The van der Waals surface area contributed by atoms with Gasteiger partial charge < -0.3 is 10.0 Å². The molecule has 1 amide bonds.